The third-order valence-corrected chi connectivity index (χ3v) is 8.60. The van der Waals surface area contributed by atoms with Crippen LogP contribution >= 0.6 is 0 Å². The van der Waals surface area contributed by atoms with Crippen LogP contribution in [0.5, 0.6) is 0 Å². The Kier molecular flexibility index (Phi) is 8.90. The first-order valence-electron chi connectivity index (χ1n) is 15.5. The summed E-state index contributed by atoms with van der Waals surface area (Å²) in [5.74, 6) is 2.90. The van der Waals surface area contributed by atoms with Crippen LogP contribution in [0.25, 0.3) is 10.8 Å². The minimum atomic E-state index is -0.713. The molecule has 0 aliphatic carbocycles. The number of carbonyl (C=O) groups is 1. The van der Waals surface area contributed by atoms with Crippen LogP contribution in [0.4, 0.5) is 28.1 Å². The average Bonchev–Trinajstić information content (AvgIpc) is 3.76. The van der Waals surface area contributed by atoms with Gasteiger partial charge in [-0.25, -0.2) is 4.79 Å². The van der Waals surface area contributed by atoms with E-state index in [0.717, 1.165) is 86.4 Å². The van der Waals surface area contributed by atoms with Gasteiger partial charge in [0.25, 0.3) is 0 Å². The van der Waals surface area contributed by atoms with Gasteiger partial charge in [0, 0.05) is 70.7 Å². The van der Waals surface area contributed by atoms with Crippen LogP contribution in [0.1, 0.15) is 32.6 Å². The molecule has 42 heavy (non-hydrogen) atoms. The summed E-state index contributed by atoms with van der Waals surface area (Å²) in [6, 6.07) is 16.1. The fraction of sp³-hybridized carbons (Fsp3) is 0.531. The zero-order chi connectivity index (χ0) is 28.9. The van der Waals surface area contributed by atoms with Crippen LogP contribution in [0, 0.1) is 0 Å². The predicted octanol–water partition coefficient (Wildman–Crippen LogP) is 3.98. The lowest BCUT2D eigenvalue weighted by Gasteiger charge is -2.37. The molecule has 1 N–H and O–H groups in total. The zero-order valence-corrected chi connectivity index (χ0v) is 24.7. The highest BCUT2D eigenvalue weighted by Crippen LogP contribution is 2.28. The van der Waals surface area contributed by atoms with E-state index in [1.165, 1.54) is 25.7 Å². The maximum absolute atomic E-state index is 12.9. The molecule has 1 unspecified atom stereocenters. The van der Waals surface area contributed by atoms with Gasteiger partial charge in [-0.15, -0.1) is 0 Å². The Labute approximate surface area is 248 Å². The number of aliphatic hydroxyl groups excluding tert-OH is 1. The first-order valence-corrected chi connectivity index (χ1v) is 15.5. The third kappa shape index (κ3) is 6.55. The summed E-state index contributed by atoms with van der Waals surface area (Å²) in [5.41, 5.74) is 0.724. The second kappa shape index (κ2) is 13.1. The highest BCUT2D eigenvalue weighted by atomic mass is 16.6. The molecule has 0 saturated carbocycles. The molecule has 3 aromatic rings. The first kappa shape index (κ1) is 28.5. The van der Waals surface area contributed by atoms with Crippen LogP contribution in [0.2, 0.25) is 0 Å². The van der Waals surface area contributed by atoms with Gasteiger partial charge in [-0.1, -0.05) is 30.3 Å². The number of carbonyl (C=O) groups excluding carboxylic acids is 1. The zero-order valence-electron chi connectivity index (χ0n) is 24.7. The lowest BCUT2D eigenvalue weighted by molar-refractivity contribution is 0.108. The van der Waals surface area contributed by atoms with Crippen LogP contribution in [-0.4, -0.2) is 104 Å². The largest absolute Gasteiger partial charge is 0.449 e. The second-order valence-corrected chi connectivity index (χ2v) is 11.6. The predicted molar refractivity (Wildman–Crippen MR) is 168 cm³/mol. The Morgan fingerprint density at radius 2 is 1.45 bits per heavy atom. The molecule has 0 spiro atoms. The number of benzene rings is 2. The van der Waals surface area contributed by atoms with Gasteiger partial charge in [0.1, 0.15) is 11.6 Å². The Balaban J connectivity index is 1.10. The normalized spacial score (nSPS) is 18.6. The van der Waals surface area contributed by atoms with E-state index in [4.69, 9.17) is 14.7 Å². The number of nitrogens with zero attached hydrogens (tertiary/aromatic N) is 7. The summed E-state index contributed by atoms with van der Waals surface area (Å²) in [6.45, 7) is 10.2. The standard InChI is InChI=1S/C32H43N7O3/c1-2-42-32(41)39(27-12-11-25-9-3-4-10-26(25)21-27)24-28(40)23-35-17-19-37(20-18-35)30-22-29(36-13-5-6-14-36)33-31(34-30)38-15-7-8-16-38/h3-4,9-12,21-22,28,40H,2,5-8,13-20,23-24H2,1H3. The maximum Gasteiger partial charge on any atom is 0.414 e. The van der Waals surface area contributed by atoms with Gasteiger partial charge in [-0.2, -0.15) is 9.97 Å². The van der Waals surface area contributed by atoms with Gasteiger partial charge in [0.2, 0.25) is 5.95 Å². The molecule has 2 aromatic carbocycles. The van der Waals surface area contributed by atoms with E-state index >= 15 is 0 Å². The topological polar surface area (TPSA) is 88.5 Å². The van der Waals surface area contributed by atoms with Gasteiger partial charge >= 0.3 is 6.09 Å². The summed E-state index contributed by atoms with van der Waals surface area (Å²) in [7, 11) is 0. The molecule has 6 rings (SSSR count). The van der Waals surface area contributed by atoms with Crippen molar-refractivity contribution >= 4 is 40.1 Å². The second-order valence-electron chi connectivity index (χ2n) is 11.6. The molecule has 0 radical (unpaired) electrons. The summed E-state index contributed by atoms with van der Waals surface area (Å²) >= 11 is 0. The van der Waals surface area contributed by atoms with E-state index in [0.29, 0.717) is 6.54 Å². The molecule has 10 heteroatoms. The van der Waals surface area contributed by atoms with E-state index in [9.17, 15) is 9.90 Å². The Bertz CT molecular complexity index is 1320. The lowest BCUT2D eigenvalue weighted by Crippen LogP contribution is -2.51. The Morgan fingerprint density at radius 1 is 0.833 bits per heavy atom. The lowest BCUT2D eigenvalue weighted by atomic mass is 10.1. The molecule has 10 nitrogen and oxygen atoms in total. The molecule has 1 atom stereocenters. The molecular weight excluding hydrogens is 530 g/mol. The first-order chi connectivity index (χ1) is 20.6. The van der Waals surface area contributed by atoms with Crippen LogP contribution in [0.15, 0.2) is 48.5 Å². The van der Waals surface area contributed by atoms with Gasteiger partial charge in [0.05, 0.1) is 19.3 Å². The van der Waals surface area contributed by atoms with Crippen molar-refractivity contribution in [3.8, 4) is 0 Å². The molecule has 224 valence electrons. The number of anilines is 4. The van der Waals surface area contributed by atoms with Crippen molar-refractivity contribution in [2.45, 2.75) is 38.7 Å². The monoisotopic (exact) mass is 573 g/mol. The number of fused-ring (bicyclic) bond motifs is 1. The van der Waals surface area contributed by atoms with Crippen LogP contribution < -0.4 is 19.6 Å². The minimum absolute atomic E-state index is 0.168. The number of piperazine rings is 1. The molecule has 3 fully saturated rings. The smallest absolute Gasteiger partial charge is 0.414 e. The average molecular weight is 574 g/mol. The van der Waals surface area contributed by atoms with Crippen LogP contribution in [-0.2, 0) is 4.74 Å². The number of rotatable bonds is 9. The van der Waals surface area contributed by atoms with Crippen molar-refractivity contribution in [1.82, 2.24) is 14.9 Å². The van der Waals surface area contributed by atoms with Crippen LogP contribution in [0.3, 0.4) is 0 Å². The third-order valence-electron chi connectivity index (χ3n) is 8.60. The van der Waals surface area contributed by atoms with Gasteiger partial charge in [0.15, 0.2) is 0 Å². The highest BCUT2D eigenvalue weighted by Gasteiger charge is 2.27. The van der Waals surface area contributed by atoms with Crippen molar-refractivity contribution in [3.05, 3.63) is 48.5 Å². The molecular formula is C32H43N7O3. The van der Waals surface area contributed by atoms with Crippen molar-refractivity contribution < 1.29 is 14.6 Å². The van der Waals surface area contributed by atoms with E-state index in [-0.39, 0.29) is 13.2 Å². The number of aromatic nitrogens is 2. The Hall–Kier alpha value is -3.63. The number of amides is 1. The molecule has 3 aliphatic rings. The van der Waals surface area contributed by atoms with E-state index in [2.05, 4.69) is 25.7 Å². The number of hydrogen-bond donors (Lipinski definition) is 1. The molecule has 3 aliphatic heterocycles. The van der Waals surface area contributed by atoms with Crippen molar-refractivity contribution in [2.75, 3.05) is 91.7 Å². The van der Waals surface area contributed by atoms with Crippen molar-refractivity contribution in [1.29, 1.82) is 0 Å². The number of β-amino-alcohol motifs (C(OH)–C–C–N with tert-alkyl or cyclic N) is 1. The number of ether oxygens (including phenoxy) is 1. The Morgan fingerprint density at radius 3 is 2.12 bits per heavy atom. The molecule has 3 saturated heterocycles. The minimum Gasteiger partial charge on any atom is -0.449 e. The molecule has 0 bridgehead atoms. The van der Waals surface area contributed by atoms with Crippen molar-refractivity contribution in [3.63, 3.8) is 0 Å². The van der Waals surface area contributed by atoms with E-state index < -0.39 is 12.2 Å². The summed E-state index contributed by atoms with van der Waals surface area (Å²) in [6.07, 6.45) is 3.67. The fourth-order valence-electron chi connectivity index (χ4n) is 6.30. The van der Waals surface area contributed by atoms with E-state index in [1.807, 2.05) is 42.5 Å². The summed E-state index contributed by atoms with van der Waals surface area (Å²) < 4.78 is 5.35. The fourth-order valence-corrected chi connectivity index (χ4v) is 6.30. The quantitative estimate of drug-likeness (QED) is 0.408. The van der Waals surface area contributed by atoms with Gasteiger partial charge in [-0.05, 0) is 55.5 Å². The number of aliphatic hydroxyl groups is 1. The molecule has 1 amide bonds. The SMILES string of the molecule is CCOC(=O)N(CC(O)CN1CCN(c2cc(N3CCCC3)nc(N3CCCC3)n2)CC1)c1ccc2ccccc2c1. The maximum atomic E-state index is 12.9. The van der Waals surface area contributed by atoms with E-state index in [1.54, 1.807) is 11.8 Å². The number of hydrogen-bond acceptors (Lipinski definition) is 9. The van der Waals surface area contributed by atoms with Crippen molar-refractivity contribution in [2.24, 2.45) is 0 Å². The summed E-state index contributed by atoms with van der Waals surface area (Å²) in [4.78, 5) is 33.8. The van der Waals surface area contributed by atoms with Gasteiger partial charge < -0.3 is 24.5 Å². The molecule has 1 aromatic heterocycles. The highest BCUT2D eigenvalue weighted by molar-refractivity contribution is 5.93. The summed E-state index contributed by atoms with van der Waals surface area (Å²) in [5, 5.41) is 13.3. The molecule has 4 heterocycles. The van der Waals surface area contributed by atoms with Gasteiger partial charge in [-0.3, -0.25) is 9.80 Å².